The van der Waals surface area contributed by atoms with Crippen LogP contribution in [0.5, 0.6) is 0 Å². The highest BCUT2D eigenvalue weighted by atomic mass is 35.5. The molecule has 6 nitrogen and oxygen atoms in total. The zero-order valence-corrected chi connectivity index (χ0v) is 15.9. The van der Waals surface area contributed by atoms with E-state index in [-0.39, 0.29) is 30.7 Å². The molecule has 1 aromatic heterocycles. The van der Waals surface area contributed by atoms with Gasteiger partial charge in [-0.05, 0) is 31.5 Å². The van der Waals surface area contributed by atoms with Gasteiger partial charge < -0.3 is 21.1 Å². The van der Waals surface area contributed by atoms with E-state index in [0.29, 0.717) is 24.9 Å². The van der Waals surface area contributed by atoms with Crippen molar-refractivity contribution in [2.75, 3.05) is 6.54 Å². The van der Waals surface area contributed by atoms with Crippen LogP contribution in [0.25, 0.3) is 11.3 Å². The van der Waals surface area contributed by atoms with Gasteiger partial charge in [-0.25, -0.2) is 0 Å². The number of carbonyl (C=O) groups is 1. The lowest BCUT2D eigenvalue weighted by Crippen LogP contribution is -2.46. The minimum atomic E-state index is -1.61. The Bertz CT molecular complexity index is 645. The number of carbonyl (C=O) groups excluding carboxylic acids is 1. The summed E-state index contributed by atoms with van der Waals surface area (Å²) in [6, 6.07) is 13.1. The highest BCUT2D eigenvalue weighted by molar-refractivity contribution is 6.43. The van der Waals surface area contributed by atoms with Crippen molar-refractivity contribution < 1.29 is 14.8 Å². The van der Waals surface area contributed by atoms with Crippen molar-refractivity contribution in [1.82, 2.24) is 10.3 Å². The first kappa shape index (κ1) is 24.4. The Balaban J connectivity index is 0.00000312. The fourth-order valence-corrected chi connectivity index (χ4v) is 2.36. The average Bonchev–Trinajstić information content (AvgIpc) is 2.61. The van der Waals surface area contributed by atoms with Gasteiger partial charge in [0.25, 0.3) is 5.91 Å². The number of unbranched alkanes of at least 4 members (excludes halogenated alkanes) is 1. The third-order valence-electron chi connectivity index (χ3n) is 3.74. The van der Waals surface area contributed by atoms with Crippen LogP contribution >= 0.6 is 24.8 Å². The number of amides is 1. The summed E-state index contributed by atoms with van der Waals surface area (Å²) in [5.74, 6) is -1.11. The molecule has 0 radical (unpaired) electrons. The Kier molecular flexibility index (Phi) is 11.9. The zero-order valence-electron chi connectivity index (χ0n) is 14.2. The van der Waals surface area contributed by atoms with E-state index in [1.807, 2.05) is 30.3 Å². The minimum Gasteiger partial charge on any atom is -0.426 e. The van der Waals surface area contributed by atoms with Crippen LogP contribution in [0.3, 0.4) is 0 Å². The van der Waals surface area contributed by atoms with Crippen LogP contribution in [0.4, 0.5) is 0 Å². The van der Waals surface area contributed by atoms with Gasteiger partial charge in [-0.3, -0.25) is 9.78 Å². The maximum Gasteiger partial charge on any atom is 0.475 e. The van der Waals surface area contributed by atoms with E-state index in [1.54, 1.807) is 12.1 Å². The first-order chi connectivity index (χ1) is 11.6. The molecule has 0 aliphatic heterocycles. The molecular weight excluding hydrogens is 376 g/mol. The summed E-state index contributed by atoms with van der Waals surface area (Å²) in [6.45, 7) is 0.535. The fraction of sp³-hybridized carbons (Fsp3) is 0.294. The lowest BCUT2D eigenvalue weighted by atomic mass is 9.76. The molecule has 142 valence electrons. The van der Waals surface area contributed by atoms with Crippen LogP contribution in [0.15, 0.2) is 48.7 Å². The molecule has 0 spiro atoms. The zero-order chi connectivity index (χ0) is 17.4. The number of nitrogens with zero attached hydrogens (tertiary/aromatic N) is 1. The summed E-state index contributed by atoms with van der Waals surface area (Å²) in [5, 5.41) is 21.4. The number of pyridine rings is 1. The maximum atomic E-state index is 12.2. The number of benzene rings is 1. The Morgan fingerprint density at radius 3 is 2.35 bits per heavy atom. The van der Waals surface area contributed by atoms with Crippen molar-refractivity contribution >= 4 is 37.8 Å². The van der Waals surface area contributed by atoms with Crippen molar-refractivity contribution in [1.29, 1.82) is 0 Å². The molecule has 5 N–H and O–H groups in total. The van der Waals surface area contributed by atoms with Gasteiger partial charge in [0.2, 0.25) is 0 Å². The van der Waals surface area contributed by atoms with Crippen molar-refractivity contribution in [3.05, 3.63) is 54.2 Å². The molecular formula is C17H24BCl2N3O3. The number of halogens is 2. The van der Waals surface area contributed by atoms with Crippen LogP contribution < -0.4 is 11.1 Å². The molecule has 2 rings (SSSR count). The van der Waals surface area contributed by atoms with Crippen molar-refractivity contribution in [2.24, 2.45) is 5.73 Å². The smallest absolute Gasteiger partial charge is 0.426 e. The summed E-state index contributed by atoms with van der Waals surface area (Å²) in [4.78, 5) is 16.5. The number of aromatic nitrogens is 1. The van der Waals surface area contributed by atoms with E-state index >= 15 is 0 Å². The van der Waals surface area contributed by atoms with Gasteiger partial charge in [0, 0.05) is 11.8 Å². The van der Waals surface area contributed by atoms with Gasteiger partial charge in [0.05, 0.1) is 17.2 Å². The molecule has 1 unspecified atom stereocenters. The van der Waals surface area contributed by atoms with Gasteiger partial charge in [0.15, 0.2) is 0 Å². The van der Waals surface area contributed by atoms with E-state index in [4.69, 9.17) is 5.73 Å². The summed E-state index contributed by atoms with van der Waals surface area (Å²) >= 11 is 0. The summed E-state index contributed by atoms with van der Waals surface area (Å²) in [7, 11) is -1.61. The number of hydrogen-bond donors (Lipinski definition) is 4. The predicted octanol–water partition coefficient (Wildman–Crippen LogP) is 1.83. The molecule has 26 heavy (non-hydrogen) atoms. The normalized spacial score (nSPS) is 10.9. The molecule has 1 amide bonds. The highest BCUT2D eigenvalue weighted by Crippen LogP contribution is 2.16. The fourth-order valence-electron chi connectivity index (χ4n) is 2.36. The molecule has 1 heterocycles. The highest BCUT2D eigenvalue weighted by Gasteiger charge is 2.25. The Morgan fingerprint density at radius 2 is 1.81 bits per heavy atom. The first-order valence-electron chi connectivity index (χ1n) is 8.00. The Hall–Kier alpha value is -1.64. The summed E-state index contributed by atoms with van der Waals surface area (Å²) in [6.07, 6.45) is 3.42. The second-order valence-electron chi connectivity index (χ2n) is 5.58. The Labute approximate surface area is 166 Å². The van der Waals surface area contributed by atoms with Crippen molar-refractivity contribution in [3.8, 4) is 11.3 Å². The quantitative estimate of drug-likeness (QED) is 0.400. The molecule has 9 heteroatoms. The number of nitrogens with one attached hydrogen (secondary N) is 1. The molecule has 1 atom stereocenters. The van der Waals surface area contributed by atoms with Gasteiger partial charge in [0.1, 0.15) is 0 Å². The molecule has 0 fully saturated rings. The third-order valence-corrected chi connectivity index (χ3v) is 3.74. The number of rotatable bonds is 8. The molecule has 0 saturated heterocycles. The Morgan fingerprint density at radius 1 is 1.12 bits per heavy atom. The molecule has 1 aromatic carbocycles. The second kappa shape index (κ2) is 12.7. The van der Waals surface area contributed by atoms with E-state index in [1.165, 1.54) is 6.20 Å². The summed E-state index contributed by atoms with van der Waals surface area (Å²) in [5.41, 5.74) is 7.54. The van der Waals surface area contributed by atoms with E-state index in [0.717, 1.165) is 17.7 Å². The molecule has 0 aliphatic rings. The van der Waals surface area contributed by atoms with E-state index in [9.17, 15) is 14.8 Å². The van der Waals surface area contributed by atoms with Crippen LogP contribution in [-0.4, -0.2) is 40.5 Å². The van der Waals surface area contributed by atoms with E-state index < -0.39 is 13.1 Å². The third kappa shape index (κ3) is 7.31. The van der Waals surface area contributed by atoms with Gasteiger partial charge >= 0.3 is 7.12 Å². The first-order valence-corrected chi connectivity index (χ1v) is 8.00. The standard InChI is InChI=1S/C17H22BN3O3.2ClH/c19-11-5-4-8-16(18(23)24)21-17(22)14-9-10-15(20-12-14)13-6-2-1-3-7-13;;/h1-3,6-7,9-10,12,16,23-24H,4-5,8,11,19H2,(H,21,22);2*1H. The lowest BCUT2D eigenvalue weighted by Gasteiger charge is -2.17. The van der Waals surface area contributed by atoms with Crippen LogP contribution in [0.1, 0.15) is 29.6 Å². The van der Waals surface area contributed by atoms with Gasteiger partial charge in [-0.2, -0.15) is 0 Å². The second-order valence-corrected chi connectivity index (χ2v) is 5.58. The van der Waals surface area contributed by atoms with Crippen LogP contribution in [0.2, 0.25) is 0 Å². The predicted molar refractivity (Wildman–Crippen MR) is 109 cm³/mol. The van der Waals surface area contributed by atoms with E-state index in [2.05, 4.69) is 10.3 Å². The van der Waals surface area contributed by atoms with Crippen molar-refractivity contribution in [3.63, 3.8) is 0 Å². The van der Waals surface area contributed by atoms with Crippen molar-refractivity contribution in [2.45, 2.75) is 25.2 Å². The maximum absolute atomic E-state index is 12.2. The molecule has 2 aromatic rings. The van der Waals surface area contributed by atoms with Crippen LogP contribution in [-0.2, 0) is 0 Å². The monoisotopic (exact) mass is 399 g/mol. The molecule has 0 aliphatic carbocycles. The number of nitrogens with two attached hydrogens (primary N) is 1. The van der Waals surface area contributed by atoms with Crippen LogP contribution in [0, 0.1) is 0 Å². The SMILES string of the molecule is Cl.Cl.NCCCCC(NC(=O)c1ccc(-c2ccccc2)nc1)B(O)O. The minimum absolute atomic E-state index is 0. The largest absolute Gasteiger partial charge is 0.475 e. The topological polar surface area (TPSA) is 108 Å². The number of hydrogen-bond acceptors (Lipinski definition) is 5. The van der Waals surface area contributed by atoms with Gasteiger partial charge in [-0.15, -0.1) is 24.8 Å². The van der Waals surface area contributed by atoms with Gasteiger partial charge in [-0.1, -0.05) is 36.8 Å². The molecule has 0 bridgehead atoms. The summed E-state index contributed by atoms with van der Waals surface area (Å²) < 4.78 is 0. The molecule has 0 saturated carbocycles. The average molecular weight is 400 g/mol. The lowest BCUT2D eigenvalue weighted by molar-refractivity contribution is 0.0939.